The van der Waals surface area contributed by atoms with Gasteiger partial charge in [-0.3, -0.25) is 0 Å². The van der Waals surface area contributed by atoms with Gasteiger partial charge >= 0.3 is 6.18 Å². The zero-order valence-electron chi connectivity index (χ0n) is 6.78. The third-order valence-corrected chi connectivity index (χ3v) is 0.805. The molecule has 0 bridgehead atoms. The van der Waals surface area contributed by atoms with Gasteiger partial charge in [0.2, 0.25) is 0 Å². The van der Waals surface area contributed by atoms with Crippen LogP contribution >= 0.6 is 0 Å². The first-order valence-electron chi connectivity index (χ1n) is 3.38. The molecule has 0 rings (SSSR count). The van der Waals surface area contributed by atoms with Crippen molar-refractivity contribution < 1.29 is 13.2 Å². The zero-order valence-corrected chi connectivity index (χ0v) is 6.78. The van der Waals surface area contributed by atoms with Crippen molar-refractivity contribution in [3.8, 4) is 0 Å². The highest BCUT2D eigenvalue weighted by molar-refractivity contribution is 4.61. The molecule has 0 aromatic carbocycles. The summed E-state index contributed by atoms with van der Waals surface area (Å²) < 4.78 is 33.2. The summed E-state index contributed by atoms with van der Waals surface area (Å²) in [5.74, 6) is 0. The molecule has 0 aliphatic heterocycles. The molecule has 0 radical (unpaired) electrons. The number of rotatable bonds is 1. The largest absolute Gasteiger partial charge is 0.403 e. The van der Waals surface area contributed by atoms with Gasteiger partial charge in [-0.25, -0.2) is 0 Å². The Hall–Kier alpha value is -0.290. The van der Waals surface area contributed by atoms with E-state index in [0.717, 1.165) is 19.9 Å². The highest BCUT2D eigenvalue weighted by Crippen LogP contribution is 2.16. The molecule has 11 heavy (non-hydrogen) atoms. The molecule has 0 unspecified atom stereocenters. The lowest BCUT2D eigenvalue weighted by Gasteiger charge is -2.07. The Morgan fingerprint density at radius 3 is 1.55 bits per heavy atom. The van der Waals surface area contributed by atoms with Crippen LogP contribution in [0, 0.1) is 0 Å². The molecular formula is C6H15F3N2. The summed E-state index contributed by atoms with van der Waals surface area (Å²) in [4.78, 5) is 0. The van der Waals surface area contributed by atoms with Crippen LogP contribution in [0.4, 0.5) is 13.2 Å². The van der Waals surface area contributed by atoms with Gasteiger partial charge < -0.3 is 11.5 Å². The fourth-order valence-electron chi connectivity index (χ4n) is 0. The van der Waals surface area contributed by atoms with Gasteiger partial charge in [0.05, 0.1) is 6.04 Å². The molecule has 0 aliphatic rings. The molecule has 0 saturated heterocycles. The minimum Gasteiger partial charge on any atom is -0.330 e. The van der Waals surface area contributed by atoms with Crippen LogP contribution in [0.25, 0.3) is 0 Å². The van der Waals surface area contributed by atoms with Crippen LogP contribution < -0.4 is 11.5 Å². The van der Waals surface area contributed by atoms with Crippen LogP contribution in [-0.4, -0.2) is 18.8 Å². The molecule has 0 heterocycles. The van der Waals surface area contributed by atoms with Crippen LogP contribution in [0.3, 0.4) is 0 Å². The monoisotopic (exact) mass is 172 g/mol. The predicted molar refractivity (Wildman–Crippen MR) is 39.0 cm³/mol. The van der Waals surface area contributed by atoms with E-state index >= 15 is 0 Å². The summed E-state index contributed by atoms with van der Waals surface area (Å²) in [6.45, 7) is 3.78. The highest BCUT2D eigenvalue weighted by atomic mass is 19.4. The summed E-state index contributed by atoms with van der Waals surface area (Å²) in [5, 5.41) is 0. The third-order valence-electron chi connectivity index (χ3n) is 0.805. The average Bonchev–Trinajstić information content (AvgIpc) is 1.87. The van der Waals surface area contributed by atoms with E-state index in [4.69, 9.17) is 5.73 Å². The smallest absolute Gasteiger partial charge is 0.330 e. The summed E-state index contributed by atoms with van der Waals surface area (Å²) in [7, 11) is 0. The second-order valence-corrected chi connectivity index (χ2v) is 2.12. The number of hydrogen-bond acceptors (Lipinski definition) is 2. The second-order valence-electron chi connectivity index (χ2n) is 2.12. The first-order valence-corrected chi connectivity index (χ1v) is 3.38. The van der Waals surface area contributed by atoms with Crippen molar-refractivity contribution in [3.05, 3.63) is 0 Å². The average molecular weight is 172 g/mol. The minimum absolute atomic E-state index is 0.819. The SMILES string of the molecule is CCCN.C[C@@H](N)C(F)(F)F. The van der Waals surface area contributed by atoms with E-state index in [0.29, 0.717) is 0 Å². The molecule has 70 valence electrons. The lowest BCUT2D eigenvalue weighted by Crippen LogP contribution is -2.33. The Bertz CT molecular complexity index is 78.4. The van der Waals surface area contributed by atoms with E-state index < -0.39 is 12.2 Å². The fraction of sp³-hybridized carbons (Fsp3) is 1.00. The van der Waals surface area contributed by atoms with E-state index in [9.17, 15) is 13.2 Å². The molecule has 4 N–H and O–H groups in total. The first-order chi connectivity index (χ1) is 4.86. The fourth-order valence-corrected chi connectivity index (χ4v) is 0. The molecule has 2 nitrogen and oxygen atoms in total. The molecule has 5 heteroatoms. The first kappa shape index (κ1) is 13.3. The summed E-state index contributed by atoms with van der Waals surface area (Å²) in [6.07, 6.45) is -3.12. The maximum Gasteiger partial charge on any atom is 0.403 e. The van der Waals surface area contributed by atoms with Crippen LogP contribution in [-0.2, 0) is 0 Å². The molecule has 0 aliphatic carbocycles. The van der Waals surface area contributed by atoms with Crippen molar-refractivity contribution in [1.29, 1.82) is 0 Å². The van der Waals surface area contributed by atoms with Gasteiger partial charge in [-0.15, -0.1) is 0 Å². The molecule has 0 aromatic rings. The van der Waals surface area contributed by atoms with E-state index in [1.54, 1.807) is 0 Å². The van der Waals surface area contributed by atoms with E-state index in [1.807, 2.05) is 0 Å². The molecule has 0 saturated carbocycles. The van der Waals surface area contributed by atoms with Crippen molar-refractivity contribution in [2.45, 2.75) is 32.5 Å². The number of alkyl halides is 3. The van der Waals surface area contributed by atoms with Crippen molar-refractivity contribution in [3.63, 3.8) is 0 Å². The maximum atomic E-state index is 11.1. The number of hydrogen-bond donors (Lipinski definition) is 2. The maximum absolute atomic E-state index is 11.1. The van der Waals surface area contributed by atoms with Crippen molar-refractivity contribution in [1.82, 2.24) is 0 Å². The lowest BCUT2D eigenvalue weighted by atomic mass is 10.4. The molecule has 0 amide bonds. The summed E-state index contributed by atoms with van der Waals surface area (Å²) in [5.41, 5.74) is 9.47. The minimum atomic E-state index is -4.22. The van der Waals surface area contributed by atoms with Crippen molar-refractivity contribution in [2.24, 2.45) is 11.5 Å². The van der Waals surface area contributed by atoms with Crippen molar-refractivity contribution in [2.75, 3.05) is 6.54 Å². The molecule has 0 fully saturated rings. The van der Waals surface area contributed by atoms with Crippen LogP contribution in [0.15, 0.2) is 0 Å². The Balaban J connectivity index is 0. The Morgan fingerprint density at radius 2 is 1.55 bits per heavy atom. The van der Waals surface area contributed by atoms with E-state index in [1.165, 1.54) is 0 Å². The van der Waals surface area contributed by atoms with Crippen LogP contribution in [0.2, 0.25) is 0 Å². The lowest BCUT2D eigenvalue weighted by molar-refractivity contribution is -0.143. The van der Waals surface area contributed by atoms with Crippen LogP contribution in [0.5, 0.6) is 0 Å². The molecule has 0 aromatic heterocycles. The Kier molecular flexibility index (Phi) is 7.77. The molecule has 0 spiro atoms. The van der Waals surface area contributed by atoms with E-state index in [-0.39, 0.29) is 0 Å². The standard InChI is InChI=1S/C3H6F3N.C3H9N/c1-2(7)3(4,5)6;1-2-3-4/h2H,7H2,1H3;2-4H2,1H3/t2-;/m1./s1. The quantitative estimate of drug-likeness (QED) is 0.625. The van der Waals surface area contributed by atoms with Gasteiger partial charge in [0.25, 0.3) is 0 Å². The molecular weight excluding hydrogens is 157 g/mol. The van der Waals surface area contributed by atoms with Crippen LogP contribution in [0.1, 0.15) is 20.3 Å². The number of nitrogens with two attached hydrogens (primary N) is 2. The van der Waals surface area contributed by atoms with Crippen molar-refractivity contribution >= 4 is 0 Å². The third kappa shape index (κ3) is 12.8. The second kappa shape index (κ2) is 6.42. The predicted octanol–water partition coefficient (Wildman–Crippen LogP) is 1.25. The van der Waals surface area contributed by atoms with Gasteiger partial charge in [0, 0.05) is 0 Å². The van der Waals surface area contributed by atoms with Gasteiger partial charge in [0.15, 0.2) is 0 Å². The summed E-state index contributed by atoms with van der Waals surface area (Å²) in [6, 6.07) is -1.70. The van der Waals surface area contributed by atoms with Gasteiger partial charge in [-0.05, 0) is 19.9 Å². The molecule has 1 atom stereocenters. The van der Waals surface area contributed by atoms with Gasteiger partial charge in [0.1, 0.15) is 0 Å². The van der Waals surface area contributed by atoms with Gasteiger partial charge in [-0.1, -0.05) is 6.92 Å². The topological polar surface area (TPSA) is 52.0 Å². The normalized spacial score (nSPS) is 13.4. The van der Waals surface area contributed by atoms with Gasteiger partial charge in [-0.2, -0.15) is 13.2 Å². The summed E-state index contributed by atoms with van der Waals surface area (Å²) >= 11 is 0. The zero-order chi connectivity index (χ0) is 9.49. The Morgan fingerprint density at radius 1 is 1.36 bits per heavy atom. The number of halogens is 3. The Labute approximate surface area is 64.7 Å². The highest BCUT2D eigenvalue weighted by Gasteiger charge is 2.32. The van der Waals surface area contributed by atoms with E-state index in [2.05, 4.69) is 12.7 Å².